The summed E-state index contributed by atoms with van der Waals surface area (Å²) in [5.41, 5.74) is 2.59. The molecule has 1 unspecified atom stereocenters. The molecule has 0 radical (unpaired) electrons. The topological polar surface area (TPSA) is 100 Å². The van der Waals surface area contributed by atoms with Crippen molar-refractivity contribution in [2.75, 3.05) is 13.2 Å². The Labute approximate surface area is 260 Å². The van der Waals surface area contributed by atoms with Crippen molar-refractivity contribution in [1.82, 2.24) is 0 Å². The molecule has 0 spiro atoms. The first kappa shape index (κ1) is 32.2. The number of allylic oxidation sites excluding steroid dienone is 4. The van der Waals surface area contributed by atoms with E-state index < -0.39 is 0 Å². The van der Waals surface area contributed by atoms with Gasteiger partial charge in [-0.3, -0.25) is 0 Å². The molecule has 0 saturated carbocycles. The summed E-state index contributed by atoms with van der Waals surface area (Å²) in [6, 6.07) is 14.7. The van der Waals surface area contributed by atoms with Gasteiger partial charge in [-0.2, -0.15) is 10.5 Å². The Morgan fingerprint density at radius 1 is 0.818 bits per heavy atom. The highest BCUT2D eigenvalue weighted by Gasteiger charge is 2.22. The number of fused-ring (bicyclic) bond motifs is 5. The number of ether oxygens (including phenoxy) is 2. The summed E-state index contributed by atoms with van der Waals surface area (Å²) in [5.74, 6) is 1.52. The van der Waals surface area contributed by atoms with Crippen molar-refractivity contribution in [3.63, 3.8) is 0 Å². The largest absolute Gasteiger partial charge is 0.494 e. The van der Waals surface area contributed by atoms with Gasteiger partial charge >= 0.3 is 0 Å². The van der Waals surface area contributed by atoms with Crippen molar-refractivity contribution < 1.29 is 19.1 Å². The fourth-order valence-electron chi connectivity index (χ4n) is 5.74. The van der Waals surface area contributed by atoms with E-state index in [0.29, 0.717) is 37.2 Å². The number of carbonyl (C=O) groups is 2. The number of rotatable bonds is 14. The molecule has 0 bridgehead atoms. The number of aldehydes is 2. The monoisotopic (exact) mass is 588 g/mol. The van der Waals surface area contributed by atoms with Crippen LogP contribution in [0, 0.1) is 22.7 Å². The molecule has 0 fully saturated rings. The SMILES string of the molecule is CC1/C=C\C(OCCCCCC=O)=C/CC/C=C\c2c(C#N)c(C#N)c3ccc4cc(OCCCCCC=O)ccc4c3c21. The van der Waals surface area contributed by atoms with Crippen LogP contribution in [0.1, 0.15) is 99.3 Å². The molecule has 6 heteroatoms. The van der Waals surface area contributed by atoms with E-state index in [1.54, 1.807) is 0 Å². The Bertz CT molecular complexity index is 1650. The van der Waals surface area contributed by atoms with E-state index in [4.69, 9.17) is 9.47 Å². The number of hydrogen-bond acceptors (Lipinski definition) is 6. The van der Waals surface area contributed by atoms with Crippen molar-refractivity contribution >= 4 is 40.2 Å². The number of nitrogens with zero attached hydrogens (tertiary/aromatic N) is 2. The van der Waals surface area contributed by atoms with Gasteiger partial charge in [-0.25, -0.2) is 0 Å². The van der Waals surface area contributed by atoms with E-state index in [-0.39, 0.29) is 5.92 Å². The van der Waals surface area contributed by atoms with Crippen LogP contribution in [-0.4, -0.2) is 25.8 Å². The standard InChI is InChI=1S/C38H40N2O4/c1-28-15-17-30(43-23-11-4-2-9-21-41)13-7-6-8-14-33-35(26-39)36(27-40)34-19-16-29-25-31(44-24-12-5-3-10-22-42)18-20-32(29)38(34)37(28)33/h8,13-22,25,28H,2-7,9-12,23-24H2,1H3/b14-8-,17-15-,30-13+. The Morgan fingerprint density at radius 2 is 1.52 bits per heavy atom. The average molecular weight is 589 g/mol. The van der Waals surface area contributed by atoms with Crippen LogP contribution >= 0.6 is 0 Å². The van der Waals surface area contributed by atoms with Crippen LogP contribution in [0.5, 0.6) is 5.75 Å². The molecule has 1 aliphatic rings. The first-order chi connectivity index (χ1) is 21.6. The number of benzene rings is 3. The van der Waals surface area contributed by atoms with E-state index in [1.165, 1.54) is 0 Å². The van der Waals surface area contributed by atoms with E-state index in [1.807, 2.05) is 36.4 Å². The summed E-state index contributed by atoms with van der Waals surface area (Å²) in [6.45, 7) is 3.29. The zero-order valence-corrected chi connectivity index (χ0v) is 25.5. The van der Waals surface area contributed by atoms with Gasteiger partial charge in [0.05, 0.1) is 24.3 Å². The third kappa shape index (κ3) is 8.03. The molecule has 3 aromatic rings. The lowest BCUT2D eigenvalue weighted by atomic mass is 9.82. The molecular formula is C38H40N2O4. The van der Waals surface area contributed by atoms with Crippen molar-refractivity contribution in [2.45, 2.75) is 77.0 Å². The van der Waals surface area contributed by atoms with Gasteiger partial charge in [0.2, 0.25) is 0 Å². The fraction of sp³-hybridized carbons (Fsp3) is 0.368. The molecular weight excluding hydrogens is 548 g/mol. The first-order valence-corrected chi connectivity index (χ1v) is 15.7. The molecule has 4 rings (SSSR count). The Kier molecular flexibility index (Phi) is 12.3. The predicted molar refractivity (Wildman–Crippen MR) is 175 cm³/mol. The molecule has 44 heavy (non-hydrogen) atoms. The lowest BCUT2D eigenvalue weighted by molar-refractivity contribution is -0.108. The van der Waals surface area contributed by atoms with Gasteiger partial charge in [-0.15, -0.1) is 0 Å². The molecule has 1 atom stereocenters. The minimum atomic E-state index is -0.0809. The first-order valence-electron chi connectivity index (χ1n) is 15.7. The van der Waals surface area contributed by atoms with Gasteiger partial charge in [0.1, 0.15) is 36.2 Å². The second-order valence-electron chi connectivity index (χ2n) is 11.1. The van der Waals surface area contributed by atoms with E-state index in [9.17, 15) is 20.1 Å². The molecule has 6 nitrogen and oxygen atoms in total. The van der Waals surface area contributed by atoms with E-state index in [2.05, 4.69) is 43.4 Å². The average Bonchev–Trinajstić information content (AvgIpc) is 3.07. The summed E-state index contributed by atoms with van der Waals surface area (Å²) in [7, 11) is 0. The highest BCUT2D eigenvalue weighted by atomic mass is 16.5. The minimum Gasteiger partial charge on any atom is -0.494 e. The van der Waals surface area contributed by atoms with Crippen LogP contribution in [0.2, 0.25) is 0 Å². The quantitative estimate of drug-likeness (QED) is 0.106. The summed E-state index contributed by atoms with van der Waals surface area (Å²) in [4.78, 5) is 21.1. The molecule has 0 saturated heterocycles. The maximum Gasteiger partial charge on any atom is 0.119 e. The van der Waals surface area contributed by atoms with Gasteiger partial charge in [0.15, 0.2) is 0 Å². The Hall–Kier alpha value is -4.68. The van der Waals surface area contributed by atoms with Crippen LogP contribution in [0.3, 0.4) is 0 Å². The van der Waals surface area contributed by atoms with Crippen LogP contribution in [0.25, 0.3) is 27.6 Å². The number of unbranched alkanes of at least 4 members (excludes halogenated alkanes) is 6. The van der Waals surface area contributed by atoms with Crippen molar-refractivity contribution in [3.05, 3.63) is 82.6 Å². The highest BCUT2D eigenvalue weighted by Crippen LogP contribution is 2.41. The smallest absolute Gasteiger partial charge is 0.119 e. The van der Waals surface area contributed by atoms with Crippen LogP contribution < -0.4 is 4.74 Å². The molecule has 0 heterocycles. The van der Waals surface area contributed by atoms with E-state index >= 15 is 0 Å². The minimum absolute atomic E-state index is 0.0809. The van der Waals surface area contributed by atoms with Crippen LogP contribution in [0.15, 0.2) is 60.4 Å². The summed E-state index contributed by atoms with van der Waals surface area (Å²) >= 11 is 0. The maximum absolute atomic E-state index is 10.6. The third-order valence-corrected chi connectivity index (χ3v) is 8.00. The Morgan fingerprint density at radius 3 is 2.23 bits per heavy atom. The van der Waals surface area contributed by atoms with Gasteiger partial charge in [-0.1, -0.05) is 43.4 Å². The third-order valence-electron chi connectivity index (χ3n) is 8.00. The number of nitriles is 2. The van der Waals surface area contributed by atoms with Gasteiger partial charge in [0.25, 0.3) is 0 Å². The molecule has 0 aromatic heterocycles. The molecule has 3 aromatic carbocycles. The molecule has 1 aliphatic carbocycles. The number of carbonyl (C=O) groups excluding carboxylic acids is 2. The molecule has 0 aliphatic heterocycles. The normalized spacial score (nSPS) is 17.2. The van der Waals surface area contributed by atoms with Crippen LogP contribution in [0.4, 0.5) is 0 Å². The summed E-state index contributed by atoms with van der Waals surface area (Å²) in [5, 5.41) is 24.3. The van der Waals surface area contributed by atoms with Crippen LogP contribution in [-0.2, 0) is 14.3 Å². The van der Waals surface area contributed by atoms with Gasteiger partial charge < -0.3 is 19.1 Å². The second-order valence-corrected chi connectivity index (χ2v) is 11.1. The molecule has 226 valence electrons. The molecule has 0 amide bonds. The van der Waals surface area contributed by atoms with Crippen molar-refractivity contribution in [2.24, 2.45) is 0 Å². The zero-order chi connectivity index (χ0) is 31.1. The molecule has 0 N–H and O–H groups in total. The lowest BCUT2D eigenvalue weighted by Gasteiger charge is -2.20. The zero-order valence-electron chi connectivity index (χ0n) is 25.5. The van der Waals surface area contributed by atoms with Gasteiger partial charge in [0, 0.05) is 24.1 Å². The summed E-state index contributed by atoms with van der Waals surface area (Å²) in [6.07, 6.45) is 20.4. The fourth-order valence-corrected chi connectivity index (χ4v) is 5.74. The predicted octanol–water partition coefficient (Wildman–Crippen LogP) is 9.00. The highest BCUT2D eigenvalue weighted by molar-refractivity contribution is 6.13. The number of hydrogen-bond donors (Lipinski definition) is 0. The second kappa shape index (κ2) is 16.8. The van der Waals surface area contributed by atoms with Crippen molar-refractivity contribution in [1.29, 1.82) is 10.5 Å². The maximum atomic E-state index is 10.6. The Balaban J connectivity index is 1.74. The lowest BCUT2D eigenvalue weighted by Crippen LogP contribution is -2.03. The van der Waals surface area contributed by atoms with Crippen molar-refractivity contribution in [3.8, 4) is 17.9 Å². The van der Waals surface area contributed by atoms with Gasteiger partial charge in [-0.05, 0) is 103 Å². The van der Waals surface area contributed by atoms with E-state index in [0.717, 1.165) is 108 Å². The summed E-state index contributed by atoms with van der Waals surface area (Å²) < 4.78 is 12.2.